The summed E-state index contributed by atoms with van der Waals surface area (Å²) < 4.78 is 4.66. The fraction of sp³-hybridized carbons (Fsp3) is 0.692. The zero-order chi connectivity index (χ0) is 17.1. The van der Waals surface area contributed by atoms with Gasteiger partial charge in [-0.1, -0.05) is 0 Å². The number of esters is 1. The van der Waals surface area contributed by atoms with Crippen LogP contribution in [0, 0.1) is 5.92 Å². The standard InChI is InChI=1S/C13H22N2O6S/c1-2-21-11(17)6-15-12(18)8(7-22)5-9(16)3-4-10(14)13(19)20/h8,10,22H,2-7,14H2,1H3,(H,15,18)(H,19,20)/t8-,10+/m0/s1. The molecule has 0 bridgehead atoms. The molecule has 22 heavy (non-hydrogen) atoms. The van der Waals surface area contributed by atoms with Crippen molar-refractivity contribution < 1.29 is 29.0 Å². The Kier molecular flexibility index (Phi) is 10.2. The minimum Gasteiger partial charge on any atom is -0.480 e. The van der Waals surface area contributed by atoms with Gasteiger partial charge in [0.05, 0.1) is 12.5 Å². The van der Waals surface area contributed by atoms with E-state index in [-0.39, 0.29) is 44.0 Å². The molecule has 0 fully saturated rings. The number of carbonyl (C=O) groups excluding carboxylic acids is 3. The molecule has 0 aromatic rings. The highest BCUT2D eigenvalue weighted by atomic mass is 32.1. The van der Waals surface area contributed by atoms with E-state index in [1.54, 1.807) is 6.92 Å². The molecule has 9 heteroatoms. The Morgan fingerprint density at radius 2 is 1.95 bits per heavy atom. The number of hydrogen-bond acceptors (Lipinski definition) is 7. The Hall–Kier alpha value is -1.61. The minimum atomic E-state index is -1.18. The molecule has 0 aliphatic carbocycles. The van der Waals surface area contributed by atoms with Crippen LogP contribution in [0.5, 0.6) is 0 Å². The fourth-order valence-electron chi connectivity index (χ4n) is 1.57. The summed E-state index contributed by atoms with van der Waals surface area (Å²) in [6, 6.07) is -1.10. The molecule has 0 spiro atoms. The van der Waals surface area contributed by atoms with E-state index in [1.807, 2.05) is 0 Å². The van der Waals surface area contributed by atoms with Crippen LogP contribution in [0.4, 0.5) is 0 Å². The van der Waals surface area contributed by atoms with Gasteiger partial charge >= 0.3 is 11.9 Å². The van der Waals surface area contributed by atoms with Crippen LogP contribution in [0.15, 0.2) is 0 Å². The van der Waals surface area contributed by atoms with E-state index in [1.165, 1.54) is 0 Å². The Balaban J connectivity index is 4.23. The van der Waals surface area contributed by atoms with Gasteiger partial charge in [0.15, 0.2) is 0 Å². The van der Waals surface area contributed by atoms with Crippen LogP contribution in [-0.4, -0.2) is 53.7 Å². The molecule has 2 atom stereocenters. The number of amides is 1. The van der Waals surface area contributed by atoms with Crippen molar-refractivity contribution in [1.82, 2.24) is 5.32 Å². The SMILES string of the molecule is CCOC(=O)CNC(=O)[C@H](CS)CC(=O)CC[C@@H](N)C(=O)O. The second kappa shape index (κ2) is 11.0. The number of nitrogens with one attached hydrogen (secondary N) is 1. The number of thiol groups is 1. The van der Waals surface area contributed by atoms with Crippen molar-refractivity contribution in [2.24, 2.45) is 11.7 Å². The quantitative estimate of drug-likeness (QED) is 0.291. The van der Waals surface area contributed by atoms with Gasteiger partial charge in [0.25, 0.3) is 0 Å². The lowest BCUT2D eigenvalue weighted by atomic mass is 9.99. The molecule has 0 radical (unpaired) electrons. The molecule has 0 aromatic heterocycles. The first-order chi connectivity index (χ1) is 10.3. The van der Waals surface area contributed by atoms with Gasteiger partial charge in [0, 0.05) is 18.6 Å². The smallest absolute Gasteiger partial charge is 0.325 e. The average molecular weight is 334 g/mol. The molecule has 0 unspecified atom stereocenters. The number of carbonyl (C=O) groups is 4. The second-order valence-electron chi connectivity index (χ2n) is 4.63. The first-order valence-electron chi connectivity index (χ1n) is 6.86. The van der Waals surface area contributed by atoms with Gasteiger partial charge in [0.1, 0.15) is 18.4 Å². The summed E-state index contributed by atoms with van der Waals surface area (Å²) in [6.07, 6.45) is -0.0920. The lowest BCUT2D eigenvalue weighted by molar-refractivity contribution is -0.143. The maximum absolute atomic E-state index is 11.8. The van der Waals surface area contributed by atoms with Gasteiger partial charge in [-0.15, -0.1) is 0 Å². The van der Waals surface area contributed by atoms with Crippen molar-refractivity contribution in [2.45, 2.75) is 32.2 Å². The number of ketones is 1. The molecular formula is C13H22N2O6S. The van der Waals surface area contributed by atoms with E-state index in [2.05, 4.69) is 22.7 Å². The van der Waals surface area contributed by atoms with E-state index < -0.39 is 29.8 Å². The molecule has 0 rings (SSSR count). The van der Waals surface area contributed by atoms with Gasteiger partial charge in [-0.05, 0) is 13.3 Å². The number of rotatable bonds is 11. The zero-order valence-electron chi connectivity index (χ0n) is 12.4. The summed E-state index contributed by atoms with van der Waals surface area (Å²) in [5, 5.41) is 11.0. The molecule has 8 nitrogen and oxygen atoms in total. The Bertz CT molecular complexity index is 415. The summed E-state index contributed by atoms with van der Waals surface area (Å²) in [5.41, 5.74) is 5.30. The van der Waals surface area contributed by atoms with Crippen LogP contribution in [0.3, 0.4) is 0 Å². The summed E-state index contributed by atoms with van der Waals surface area (Å²) in [5.74, 6) is -3.05. The highest BCUT2D eigenvalue weighted by molar-refractivity contribution is 7.80. The van der Waals surface area contributed by atoms with Crippen LogP contribution in [0.1, 0.15) is 26.2 Å². The van der Waals surface area contributed by atoms with Crippen molar-refractivity contribution in [1.29, 1.82) is 0 Å². The molecule has 0 saturated carbocycles. The number of carboxylic acids is 1. The van der Waals surface area contributed by atoms with Crippen molar-refractivity contribution in [3.63, 3.8) is 0 Å². The van der Waals surface area contributed by atoms with E-state index in [9.17, 15) is 19.2 Å². The third-order valence-electron chi connectivity index (χ3n) is 2.83. The number of aliphatic carboxylic acids is 1. The maximum Gasteiger partial charge on any atom is 0.325 e. The average Bonchev–Trinajstić information content (AvgIpc) is 2.47. The largest absolute Gasteiger partial charge is 0.480 e. The van der Waals surface area contributed by atoms with Gasteiger partial charge < -0.3 is 20.9 Å². The van der Waals surface area contributed by atoms with Crippen molar-refractivity contribution >= 4 is 36.3 Å². The van der Waals surface area contributed by atoms with Crippen LogP contribution in [0.25, 0.3) is 0 Å². The molecule has 0 saturated heterocycles. The summed E-state index contributed by atoms with van der Waals surface area (Å²) >= 11 is 4.01. The van der Waals surface area contributed by atoms with Crippen LogP contribution in [0.2, 0.25) is 0 Å². The van der Waals surface area contributed by atoms with E-state index in [4.69, 9.17) is 10.8 Å². The summed E-state index contributed by atoms with van der Waals surface area (Å²) in [7, 11) is 0. The second-order valence-corrected chi connectivity index (χ2v) is 4.99. The third-order valence-corrected chi connectivity index (χ3v) is 3.27. The normalized spacial score (nSPS) is 13.0. The van der Waals surface area contributed by atoms with E-state index in [0.29, 0.717) is 0 Å². The predicted octanol–water partition coefficient (Wildman–Crippen LogP) is -0.637. The molecule has 0 heterocycles. The van der Waals surface area contributed by atoms with Gasteiger partial charge in [-0.3, -0.25) is 19.2 Å². The van der Waals surface area contributed by atoms with Crippen LogP contribution < -0.4 is 11.1 Å². The van der Waals surface area contributed by atoms with Crippen molar-refractivity contribution in [3.05, 3.63) is 0 Å². The lowest BCUT2D eigenvalue weighted by Crippen LogP contribution is -2.37. The molecule has 0 aliphatic heterocycles. The summed E-state index contributed by atoms with van der Waals surface area (Å²) in [4.78, 5) is 45.2. The number of ether oxygens (including phenoxy) is 1. The Morgan fingerprint density at radius 1 is 1.32 bits per heavy atom. The van der Waals surface area contributed by atoms with Crippen molar-refractivity contribution in [3.8, 4) is 0 Å². The maximum atomic E-state index is 11.8. The molecule has 1 amide bonds. The van der Waals surface area contributed by atoms with Gasteiger partial charge in [-0.2, -0.15) is 12.6 Å². The molecule has 4 N–H and O–H groups in total. The highest BCUT2D eigenvalue weighted by Gasteiger charge is 2.22. The minimum absolute atomic E-state index is 0.0118. The molecule has 126 valence electrons. The van der Waals surface area contributed by atoms with Gasteiger partial charge in [-0.25, -0.2) is 0 Å². The van der Waals surface area contributed by atoms with Crippen molar-refractivity contribution in [2.75, 3.05) is 18.9 Å². The number of nitrogens with two attached hydrogens (primary N) is 1. The van der Waals surface area contributed by atoms with Gasteiger partial charge in [0.2, 0.25) is 5.91 Å². The Labute approximate surface area is 134 Å². The zero-order valence-corrected chi connectivity index (χ0v) is 13.3. The summed E-state index contributed by atoms with van der Waals surface area (Å²) in [6.45, 7) is 1.60. The predicted molar refractivity (Wildman–Crippen MR) is 81.5 cm³/mol. The van der Waals surface area contributed by atoms with E-state index >= 15 is 0 Å². The topological polar surface area (TPSA) is 136 Å². The first kappa shape index (κ1) is 20.4. The Morgan fingerprint density at radius 3 is 2.45 bits per heavy atom. The fourth-order valence-corrected chi connectivity index (χ4v) is 1.87. The van der Waals surface area contributed by atoms with Crippen LogP contribution in [-0.2, 0) is 23.9 Å². The monoisotopic (exact) mass is 334 g/mol. The number of Topliss-reactive ketones (excluding diaryl/α,β-unsaturated/α-hetero) is 1. The van der Waals surface area contributed by atoms with E-state index in [0.717, 1.165) is 0 Å². The first-order valence-corrected chi connectivity index (χ1v) is 7.49. The lowest BCUT2D eigenvalue weighted by Gasteiger charge is -2.14. The highest BCUT2D eigenvalue weighted by Crippen LogP contribution is 2.10. The molecular weight excluding hydrogens is 312 g/mol. The van der Waals surface area contributed by atoms with Crippen LogP contribution >= 0.6 is 12.6 Å². The number of carboxylic acid groups (broad SMARTS) is 1. The molecule has 0 aliphatic rings. The number of hydrogen-bond donors (Lipinski definition) is 4. The third kappa shape index (κ3) is 8.63. The molecule has 0 aromatic carbocycles.